The van der Waals surface area contributed by atoms with E-state index >= 15 is 0 Å². The molecule has 1 atom stereocenters. The summed E-state index contributed by atoms with van der Waals surface area (Å²) in [5.74, 6) is 0.722. The zero-order valence-corrected chi connectivity index (χ0v) is 18.8. The van der Waals surface area contributed by atoms with E-state index in [1.54, 1.807) is 38.5 Å². The molecule has 0 unspecified atom stereocenters. The molecule has 3 aromatic carbocycles. The summed E-state index contributed by atoms with van der Waals surface area (Å²) in [5.41, 5.74) is 1.27. The number of rotatable bonds is 8. The molecular formula is C23H26N2O5S. The first-order valence-electron chi connectivity index (χ1n) is 9.71. The van der Waals surface area contributed by atoms with Gasteiger partial charge in [-0.3, -0.25) is 9.10 Å². The molecule has 3 rings (SSSR count). The van der Waals surface area contributed by atoms with Gasteiger partial charge in [0.1, 0.15) is 6.54 Å². The van der Waals surface area contributed by atoms with Crippen molar-refractivity contribution in [2.75, 3.05) is 31.3 Å². The van der Waals surface area contributed by atoms with Crippen LogP contribution in [0.15, 0.2) is 60.7 Å². The highest BCUT2D eigenvalue weighted by Gasteiger charge is 2.23. The average molecular weight is 443 g/mol. The molecule has 0 aliphatic heterocycles. The van der Waals surface area contributed by atoms with Crippen molar-refractivity contribution in [3.8, 4) is 11.5 Å². The molecule has 3 aromatic rings. The molecular weight excluding hydrogens is 416 g/mol. The van der Waals surface area contributed by atoms with Gasteiger partial charge in [-0.15, -0.1) is 0 Å². The Morgan fingerprint density at radius 2 is 1.68 bits per heavy atom. The SMILES string of the molecule is COc1ccc([C@H](C)NC(=O)CN(c2cccc3ccccc23)S(C)(=O)=O)cc1OC. The fraction of sp³-hybridized carbons (Fsp3) is 0.261. The number of anilines is 1. The molecule has 8 heteroatoms. The smallest absolute Gasteiger partial charge is 0.241 e. The number of benzene rings is 3. The first-order chi connectivity index (χ1) is 14.7. The Morgan fingerprint density at radius 1 is 1.00 bits per heavy atom. The second-order valence-corrected chi connectivity index (χ2v) is 9.08. The number of carbonyl (C=O) groups excluding carboxylic acids is 1. The highest BCUT2D eigenvalue weighted by Crippen LogP contribution is 2.30. The number of carbonyl (C=O) groups is 1. The van der Waals surface area contributed by atoms with Gasteiger partial charge < -0.3 is 14.8 Å². The summed E-state index contributed by atoms with van der Waals surface area (Å²) in [5, 5.41) is 4.52. The molecule has 31 heavy (non-hydrogen) atoms. The fourth-order valence-corrected chi connectivity index (χ4v) is 4.30. The summed E-state index contributed by atoms with van der Waals surface area (Å²) in [6.45, 7) is 1.49. The largest absolute Gasteiger partial charge is 0.493 e. The number of hydrogen-bond donors (Lipinski definition) is 1. The van der Waals surface area contributed by atoms with Crippen LogP contribution in [-0.4, -0.2) is 41.3 Å². The van der Waals surface area contributed by atoms with E-state index < -0.39 is 15.9 Å². The van der Waals surface area contributed by atoms with Gasteiger partial charge in [0, 0.05) is 5.39 Å². The van der Waals surface area contributed by atoms with Crippen molar-refractivity contribution < 1.29 is 22.7 Å². The Hall–Kier alpha value is -3.26. The zero-order valence-electron chi connectivity index (χ0n) is 18.0. The van der Waals surface area contributed by atoms with Gasteiger partial charge in [0.25, 0.3) is 0 Å². The highest BCUT2D eigenvalue weighted by atomic mass is 32.2. The zero-order chi connectivity index (χ0) is 22.6. The van der Waals surface area contributed by atoms with Crippen LogP contribution in [-0.2, 0) is 14.8 Å². The summed E-state index contributed by atoms with van der Waals surface area (Å²) in [4.78, 5) is 12.8. The second-order valence-electron chi connectivity index (χ2n) is 7.17. The minimum atomic E-state index is -3.69. The molecule has 1 amide bonds. The van der Waals surface area contributed by atoms with Crippen LogP contribution < -0.4 is 19.1 Å². The van der Waals surface area contributed by atoms with Crippen molar-refractivity contribution in [2.24, 2.45) is 0 Å². The highest BCUT2D eigenvalue weighted by molar-refractivity contribution is 7.92. The molecule has 164 valence electrons. The summed E-state index contributed by atoms with van der Waals surface area (Å²) in [7, 11) is -0.597. The maximum Gasteiger partial charge on any atom is 0.241 e. The van der Waals surface area contributed by atoms with E-state index in [4.69, 9.17) is 9.47 Å². The Bertz CT molecular complexity index is 1190. The van der Waals surface area contributed by atoms with E-state index in [2.05, 4.69) is 5.32 Å². The van der Waals surface area contributed by atoms with Crippen LogP contribution >= 0.6 is 0 Å². The lowest BCUT2D eigenvalue weighted by atomic mass is 10.1. The van der Waals surface area contributed by atoms with Gasteiger partial charge in [0.15, 0.2) is 11.5 Å². The van der Waals surface area contributed by atoms with Gasteiger partial charge >= 0.3 is 0 Å². The van der Waals surface area contributed by atoms with E-state index in [0.29, 0.717) is 17.2 Å². The van der Waals surface area contributed by atoms with E-state index in [0.717, 1.165) is 26.9 Å². The van der Waals surface area contributed by atoms with Crippen molar-refractivity contribution in [3.05, 3.63) is 66.2 Å². The predicted molar refractivity (Wildman–Crippen MR) is 122 cm³/mol. The van der Waals surface area contributed by atoms with Crippen LogP contribution in [0.4, 0.5) is 5.69 Å². The minimum absolute atomic E-state index is 0.329. The molecule has 0 bridgehead atoms. The number of nitrogens with one attached hydrogen (secondary N) is 1. The number of nitrogens with zero attached hydrogens (tertiary/aromatic N) is 1. The molecule has 7 nitrogen and oxygen atoms in total. The lowest BCUT2D eigenvalue weighted by molar-refractivity contribution is -0.120. The van der Waals surface area contributed by atoms with Gasteiger partial charge in [0.05, 0.1) is 32.2 Å². The Kier molecular flexibility index (Phi) is 6.70. The maximum atomic E-state index is 12.8. The summed E-state index contributed by atoms with van der Waals surface area (Å²) in [6, 6.07) is 17.9. The van der Waals surface area contributed by atoms with Crippen LogP contribution in [0, 0.1) is 0 Å². The van der Waals surface area contributed by atoms with Crippen LogP contribution in [0.1, 0.15) is 18.5 Å². The van der Waals surface area contributed by atoms with E-state index in [1.807, 2.05) is 43.3 Å². The number of fused-ring (bicyclic) bond motifs is 1. The monoisotopic (exact) mass is 442 g/mol. The number of hydrogen-bond acceptors (Lipinski definition) is 5. The molecule has 0 heterocycles. The standard InChI is InChI=1S/C23H26N2O5S/c1-16(18-12-13-21(29-2)22(14-18)30-3)24-23(26)15-25(31(4,27)28)20-11-7-9-17-8-5-6-10-19(17)20/h5-14,16H,15H2,1-4H3,(H,24,26)/t16-/m0/s1. The van der Waals surface area contributed by atoms with Gasteiger partial charge in [-0.25, -0.2) is 8.42 Å². The first kappa shape index (κ1) is 22.4. The molecule has 0 aromatic heterocycles. The predicted octanol–water partition coefficient (Wildman–Crippen LogP) is 3.50. The number of sulfonamides is 1. The van der Waals surface area contributed by atoms with Crippen molar-refractivity contribution in [3.63, 3.8) is 0 Å². The minimum Gasteiger partial charge on any atom is -0.493 e. The maximum absolute atomic E-state index is 12.8. The number of amides is 1. The second kappa shape index (κ2) is 9.26. The summed E-state index contributed by atoms with van der Waals surface area (Å²) in [6.07, 6.45) is 1.10. The fourth-order valence-electron chi connectivity index (χ4n) is 3.43. The Morgan fingerprint density at radius 3 is 2.35 bits per heavy atom. The van der Waals surface area contributed by atoms with Crippen LogP contribution in [0.5, 0.6) is 11.5 Å². The van der Waals surface area contributed by atoms with Crippen molar-refractivity contribution in [1.82, 2.24) is 5.32 Å². The van der Waals surface area contributed by atoms with Gasteiger partial charge in [-0.05, 0) is 36.1 Å². The lowest BCUT2D eigenvalue weighted by Crippen LogP contribution is -2.41. The normalized spacial score (nSPS) is 12.3. The van der Waals surface area contributed by atoms with Crippen molar-refractivity contribution in [1.29, 1.82) is 0 Å². The van der Waals surface area contributed by atoms with Gasteiger partial charge in [-0.2, -0.15) is 0 Å². The van der Waals surface area contributed by atoms with Crippen molar-refractivity contribution >= 4 is 32.4 Å². The third-order valence-corrected chi connectivity index (χ3v) is 6.13. The summed E-state index contributed by atoms with van der Waals surface area (Å²) < 4.78 is 36.8. The molecule has 0 aliphatic rings. The average Bonchev–Trinajstić information content (AvgIpc) is 2.75. The van der Waals surface area contributed by atoms with Gasteiger partial charge in [-0.1, -0.05) is 42.5 Å². The van der Waals surface area contributed by atoms with Crippen molar-refractivity contribution in [2.45, 2.75) is 13.0 Å². The molecule has 0 aliphatic carbocycles. The third-order valence-electron chi connectivity index (χ3n) is 5.01. The molecule has 0 radical (unpaired) electrons. The van der Waals surface area contributed by atoms with Crippen LogP contribution in [0.25, 0.3) is 10.8 Å². The number of ether oxygens (including phenoxy) is 2. The lowest BCUT2D eigenvalue weighted by Gasteiger charge is -2.24. The van der Waals surface area contributed by atoms with Crippen LogP contribution in [0.3, 0.4) is 0 Å². The van der Waals surface area contributed by atoms with Crippen LogP contribution in [0.2, 0.25) is 0 Å². The molecule has 0 saturated heterocycles. The molecule has 1 N–H and O–H groups in total. The van der Waals surface area contributed by atoms with E-state index in [-0.39, 0.29) is 12.6 Å². The molecule has 0 fully saturated rings. The summed E-state index contributed by atoms with van der Waals surface area (Å²) >= 11 is 0. The van der Waals surface area contributed by atoms with E-state index in [1.165, 1.54) is 0 Å². The third kappa shape index (κ3) is 5.08. The molecule has 0 spiro atoms. The Labute approximate surface area is 182 Å². The van der Waals surface area contributed by atoms with E-state index in [9.17, 15) is 13.2 Å². The molecule has 0 saturated carbocycles. The van der Waals surface area contributed by atoms with Gasteiger partial charge in [0.2, 0.25) is 15.9 Å². The Balaban J connectivity index is 1.84. The number of methoxy groups -OCH3 is 2. The quantitative estimate of drug-likeness (QED) is 0.577. The topological polar surface area (TPSA) is 84.9 Å². The first-order valence-corrected chi connectivity index (χ1v) is 11.6.